The molecule has 1 saturated heterocycles. The maximum Gasteiger partial charge on any atom is 0.264 e. The molecule has 1 aromatic heterocycles. The number of hydrogen-bond acceptors (Lipinski definition) is 4. The fourth-order valence-electron chi connectivity index (χ4n) is 3.65. The molecule has 1 aliphatic rings. The summed E-state index contributed by atoms with van der Waals surface area (Å²) in [5.74, 6) is -0.152. The normalized spacial score (nSPS) is 15.8. The zero-order valence-corrected chi connectivity index (χ0v) is 18.9. The first-order valence-electron chi connectivity index (χ1n) is 10.7. The number of carbonyl (C=O) groups is 1. The molecular weight excluding hydrogens is 428 g/mol. The second-order valence-corrected chi connectivity index (χ2v) is 8.83. The Morgan fingerprint density at radius 3 is 2.52 bits per heavy atom. The summed E-state index contributed by atoms with van der Waals surface area (Å²) in [6.07, 6.45) is 3.90. The van der Waals surface area contributed by atoms with Crippen LogP contribution in [0.15, 0.2) is 101 Å². The van der Waals surface area contributed by atoms with Crippen molar-refractivity contribution in [3.8, 4) is 11.3 Å². The number of aromatic nitrogens is 2. The number of aliphatic imine (C=N–C) groups is 1. The van der Waals surface area contributed by atoms with E-state index in [2.05, 4.69) is 41.5 Å². The third-order valence-electron chi connectivity index (χ3n) is 5.19. The van der Waals surface area contributed by atoms with Gasteiger partial charge in [-0.3, -0.25) is 9.48 Å². The van der Waals surface area contributed by atoms with Gasteiger partial charge in [0.1, 0.15) is 0 Å². The predicted molar refractivity (Wildman–Crippen MR) is 135 cm³/mol. The highest BCUT2D eigenvalue weighted by atomic mass is 32.2. The Labute approximate surface area is 196 Å². The van der Waals surface area contributed by atoms with Crippen molar-refractivity contribution in [3.63, 3.8) is 0 Å². The molecule has 1 aliphatic heterocycles. The number of amides is 1. The van der Waals surface area contributed by atoms with Gasteiger partial charge in [-0.2, -0.15) is 5.10 Å². The predicted octanol–water partition coefficient (Wildman–Crippen LogP) is 5.80. The zero-order chi connectivity index (χ0) is 22.6. The van der Waals surface area contributed by atoms with E-state index in [0.717, 1.165) is 28.1 Å². The van der Waals surface area contributed by atoms with Crippen molar-refractivity contribution < 1.29 is 4.79 Å². The molecule has 0 atom stereocenters. The molecule has 0 unspecified atom stereocenters. The molecule has 3 aromatic carbocycles. The molecule has 2 heterocycles. The lowest BCUT2D eigenvalue weighted by molar-refractivity contribution is -0.115. The largest absolute Gasteiger partial charge is 0.300 e. The van der Waals surface area contributed by atoms with Crippen molar-refractivity contribution in [1.82, 2.24) is 15.1 Å². The van der Waals surface area contributed by atoms with Gasteiger partial charge >= 0.3 is 0 Å². The first-order chi connectivity index (χ1) is 16.1. The Balaban J connectivity index is 1.50. The van der Waals surface area contributed by atoms with E-state index in [0.29, 0.717) is 16.6 Å². The van der Waals surface area contributed by atoms with Crippen LogP contribution in [0.3, 0.4) is 0 Å². The van der Waals surface area contributed by atoms with Crippen LogP contribution in [0.25, 0.3) is 17.3 Å². The quantitative estimate of drug-likeness (QED) is 0.391. The van der Waals surface area contributed by atoms with Crippen molar-refractivity contribution in [3.05, 3.63) is 113 Å². The number of para-hydroxylation sites is 1. The van der Waals surface area contributed by atoms with Crippen LogP contribution in [-0.2, 0) is 11.3 Å². The summed E-state index contributed by atoms with van der Waals surface area (Å²) in [7, 11) is 0. The molecule has 33 heavy (non-hydrogen) atoms. The summed E-state index contributed by atoms with van der Waals surface area (Å²) in [6.45, 7) is 2.72. The van der Waals surface area contributed by atoms with Crippen molar-refractivity contribution in [2.45, 2.75) is 13.5 Å². The van der Waals surface area contributed by atoms with E-state index in [1.54, 1.807) is 0 Å². The van der Waals surface area contributed by atoms with Crippen LogP contribution in [0.1, 0.15) is 16.7 Å². The minimum atomic E-state index is -0.152. The second kappa shape index (κ2) is 9.30. The number of amidine groups is 1. The lowest BCUT2D eigenvalue weighted by Crippen LogP contribution is -2.19. The summed E-state index contributed by atoms with van der Waals surface area (Å²) in [5.41, 5.74) is 5.90. The minimum absolute atomic E-state index is 0.152. The molecular formula is C27H22N4OS. The first-order valence-corrected chi connectivity index (χ1v) is 11.5. The smallest absolute Gasteiger partial charge is 0.264 e. The summed E-state index contributed by atoms with van der Waals surface area (Å²) >= 11 is 1.34. The topological polar surface area (TPSA) is 59.3 Å². The molecule has 5 nitrogen and oxygen atoms in total. The summed E-state index contributed by atoms with van der Waals surface area (Å²) in [4.78, 5) is 17.8. The Morgan fingerprint density at radius 1 is 1.00 bits per heavy atom. The third kappa shape index (κ3) is 4.96. The van der Waals surface area contributed by atoms with Gasteiger partial charge in [-0.15, -0.1) is 0 Å². The molecule has 0 aliphatic carbocycles. The molecule has 6 heteroatoms. The van der Waals surface area contributed by atoms with E-state index >= 15 is 0 Å². The molecule has 0 spiro atoms. The first kappa shape index (κ1) is 21.0. The average Bonchev–Trinajstić information content (AvgIpc) is 3.38. The number of rotatable bonds is 5. The van der Waals surface area contributed by atoms with Crippen LogP contribution in [0.2, 0.25) is 0 Å². The van der Waals surface area contributed by atoms with Crippen LogP contribution in [-0.4, -0.2) is 20.9 Å². The highest BCUT2D eigenvalue weighted by Crippen LogP contribution is 2.31. The van der Waals surface area contributed by atoms with Gasteiger partial charge in [-0.25, -0.2) is 4.99 Å². The minimum Gasteiger partial charge on any atom is -0.300 e. The van der Waals surface area contributed by atoms with Crippen molar-refractivity contribution in [2.75, 3.05) is 0 Å². The molecule has 162 valence electrons. The summed E-state index contributed by atoms with van der Waals surface area (Å²) in [5, 5.41) is 8.31. The average molecular weight is 451 g/mol. The van der Waals surface area contributed by atoms with Crippen LogP contribution in [0.5, 0.6) is 0 Å². The molecule has 4 aromatic rings. The highest BCUT2D eigenvalue weighted by molar-refractivity contribution is 8.18. The van der Waals surface area contributed by atoms with Gasteiger partial charge in [0, 0.05) is 17.3 Å². The highest BCUT2D eigenvalue weighted by Gasteiger charge is 2.25. The summed E-state index contributed by atoms with van der Waals surface area (Å²) < 4.78 is 1.93. The van der Waals surface area contributed by atoms with E-state index < -0.39 is 0 Å². The van der Waals surface area contributed by atoms with Crippen molar-refractivity contribution in [2.24, 2.45) is 4.99 Å². The van der Waals surface area contributed by atoms with Gasteiger partial charge in [0.25, 0.3) is 5.91 Å². The molecule has 0 radical (unpaired) electrons. The Bertz CT molecular complexity index is 1360. The number of nitrogens with zero attached hydrogens (tertiary/aromatic N) is 3. The van der Waals surface area contributed by atoms with E-state index in [1.165, 1.54) is 17.3 Å². The monoisotopic (exact) mass is 450 g/mol. The van der Waals surface area contributed by atoms with Crippen LogP contribution in [0.4, 0.5) is 5.69 Å². The SMILES string of the molecule is Cc1cccc(-c2nn(Cc3ccccc3)cc2/C=C2\SC(=Nc3ccccc3)NC2=O)c1. The van der Waals surface area contributed by atoms with Gasteiger partial charge < -0.3 is 5.32 Å². The van der Waals surface area contributed by atoms with Gasteiger partial charge in [-0.1, -0.05) is 72.3 Å². The number of thioether (sulfide) groups is 1. The maximum absolute atomic E-state index is 12.7. The van der Waals surface area contributed by atoms with Gasteiger partial charge in [-0.05, 0) is 48.5 Å². The molecule has 0 bridgehead atoms. The Morgan fingerprint density at radius 2 is 1.76 bits per heavy atom. The van der Waals surface area contributed by atoms with E-state index in [-0.39, 0.29) is 5.91 Å². The van der Waals surface area contributed by atoms with Gasteiger partial charge in [0.15, 0.2) is 5.17 Å². The van der Waals surface area contributed by atoms with Crippen LogP contribution < -0.4 is 5.32 Å². The maximum atomic E-state index is 12.7. The van der Waals surface area contributed by atoms with E-state index in [9.17, 15) is 4.79 Å². The standard InChI is InChI=1S/C27H22N4OS/c1-19-9-8-12-21(15-19)25-22(18-31(30-25)17-20-10-4-2-5-11-20)16-24-26(32)29-27(33-24)28-23-13-6-3-7-14-23/h2-16,18H,17H2,1H3,(H,28,29,32)/b24-16-. The lowest BCUT2D eigenvalue weighted by Gasteiger charge is -2.02. The summed E-state index contributed by atoms with van der Waals surface area (Å²) in [6, 6.07) is 28.1. The fraction of sp³-hybridized carbons (Fsp3) is 0.0741. The zero-order valence-electron chi connectivity index (χ0n) is 18.1. The lowest BCUT2D eigenvalue weighted by atomic mass is 10.1. The van der Waals surface area contributed by atoms with Crippen LogP contribution in [0, 0.1) is 6.92 Å². The molecule has 1 amide bonds. The molecule has 1 N–H and O–H groups in total. The molecule has 1 fully saturated rings. The van der Waals surface area contributed by atoms with Crippen molar-refractivity contribution in [1.29, 1.82) is 0 Å². The number of nitrogens with one attached hydrogen (secondary N) is 1. The van der Waals surface area contributed by atoms with Crippen molar-refractivity contribution >= 4 is 34.6 Å². The van der Waals surface area contributed by atoms with Gasteiger partial charge in [0.2, 0.25) is 0 Å². The Hall–Kier alpha value is -3.90. The number of aryl methyl sites for hydroxylation is 1. The number of carbonyl (C=O) groups excluding carboxylic acids is 1. The second-order valence-electron chi connectivity index (χ2n) is 7.80. The number of benzene rings is 3. The number of hydrogen-bond donors (Lipinski definition) is 1. The third-order valence-corrected chi connectivity index (χ3v) is 6.10. The fourth-order valence-corrected chi connectivity index (χ4v) is 4.48. The Kier molecular flexibility index (Phi) is 5.91. The molecule has 5 rings (SSSR count). The van der Waals surface area contributed by atoms with Crippen LogP contribution >= 0.6 is 11.8 Å². The van der Waals surface area contributed by atoms with Gasteiger partial charge in [0.05, 0.1) is 22.8 Å². The van der Waals surface area contributed by atoms with E-state index in [1.807, 2.05) is 77.6 Å². The van der Waals surface area contributed by atoms with E-state index in [4.69, 9.17) is 5.10 Å². The molecule has 0 saturated carbocycles.